The van der Waals surface area contributed by atoms with Crippen LogP contribution in [0.5, 0.6) is 0 Å². The smallest absolute Gasteiger partial charge is 0.278 e. The maximum Gasteiger partial charge on any atom is 0.278 e. The topological polar surface area (TPSA) is 105 Å². The summed E-state index contributed by atoms with van der Waals surface area (Å²) < 4.78 is 26.9. The number of pyridine rings is 1. The molecule has 1 aromatic carbocycles. The van der Waals surface area contributed by atoms with Gasteiger partial charge in [-0.2, -0.15) is 4.31 Å². The Morgan fingerprint density at radius 2 is 1.95 bits per heavy atom. The van der Waals surface area contributed by atoms with E-state index in [-0.39, 0.29) is 21.5 Å². The molecule has 3 rings (SSSR count). The quantitative estimate of drug-likeness (QED) is 0.660. The number of fused-ring (bicyclic) bond motifs is 1. The summed E-state index contributed by atoms with van der Waals surface area (Å²) >= 11 is 0. The van der Waals surface area contributed by atoms with Crippen molar-refractivity contribution in [2.45, 2.75) is 4.90 Å². The maximum atomic E-state index is 12.8. The van der Waals surface area contributed by atoms with Crippen molar-refractivity contribution in [3.8, 4) is 0 Å². The van der Waals surface area contributed by atoms with Gasteiger partial charge in [-0.25, -0.2) is 8.42 Å². The Kier molecular flexibility index (Phi) is 3.77. The first kappa shape index (κ1) is 14.8. The van der Waals surface area contributed by atoms with E-state index in [1.165, 1.54) is 28.7 Å². The molecule has 0 aliphatic carbocycles. The molecule has 0 bridgehead atoms. The Balaban J connectivity index is 2.19. The lowest BCUT2D eigenvalue weighted by Crippen LogP contribution is -2.46. The van der Waals surface area contributed by atoms with Gasteiger partial charge < -0.3 is 5.32 Å². The second-order valence-electron chi connectivity index (χ2n) is 4.89. The number of aromatic nitrogens is 1. The van der Waals surface area contributed by atoms with E-state index < -0.39 is 14.9 Å². The molecule has 2 heterocycles. The van der Waals surface area contributed by atoms with Gasteiger partial charge in [-0.15, -0.1) is 0 Å². The van der Waals surface area contributed by atoms with Crippen LogP contribution in [0, 0.1) is 10.1 Å². The van der Waals surface area contributed by atoms with Crippen LogP contribution in [-0.4, -0.2) is 48.8 Å². The van der Waals surface area contributed by atoms with Gasteiger partial charge >= 0.3 is 0 Å². The molecule has 1 aliphatic heterocycles. The van der Waals surface area contributed by atoms with Gasteiger partial charge in [0, 0.05) is 38.4 Å². The summed E-state index contributed by atoms with van der Waals surface area (Å²) in [5, 5.41) is 14.4. The van der Waals surface area contributed by atoms with Gasteiger partial charge in [-0.3, -0.25) is 15.1 Å². The van der Waals surface area contributed by atoms with Crippen molar-refractivity contribution in [1.29, 1.82) is 0 Å². The summed E-state index contributed by atoms with van der Waals surface area (Å²) in [6.45, 7) is 1.90. The molecule has 22 heavy (non-hydrogen) atoms. The van der Waals surface area contributed by atoms with Crippen LogP contribution in [0.4, 0.5) is 5.69 Å². The minimum absolute atomic E-state index is 0.00981. The summed E-state index contributed by atoms with van der Waals surface area (Å²) in [7, 11) is -3.72. The lowest BCUT2D eigenvalue weighted by Gasteiger charge is -2.26. The first-order valence-electron chi connectivity index (χ1n) is 6.75. The number of nitro benzene ring substituents is 1. The van der Waals surface area contributed by atoms with E-state index in [9.17, 15) is 18.5 Å². The summed E-state index contributed by atoms with van der Waals surface area (Å²) in [6.07, 6.45) is 1.43. The highest BCUT2D eigenvalue weighted by Crippen LogP contribution is 2.30. The normalized spacial score (nSPS) is 16.7. The molecule has 1 aromatic heterocycles. The fourth-order valence-electron chi connectivity index (χ4n) is 2.52. The van der Waals surface area contributed by atoms with Crippen LogP contribution >= 0.6 is 0 Å². The zero-order chi connectivity index (χ0) is 15.7. The minimum atomic E-state index is -3.72. The number of rotatable bonds is 3. The maximum absolute atomic E-state index is 12.8. The third-order valence-electron chi connectivity index (χ3n) is 3.60. The molecule has 1 fully saturated rings. The second kappa shape index (κ2) is 5.59. The summed E-state index contributed by atoms with van der Waals surface area (Å²) in [6, 6.07) is 5.55. The second-order valence-corrected chi connectivity index (χ2v) is 6.80. The molecule has 0 saturated carbocycles. The average Bonchev–Trinajstić information content (AvgIpc) is 2.54. The van der Waals surface area contributed by atoms with E-state index in [0.29, 0.717) is 26.2 Å². The molecule has 0 radical (unpaired) electrons. The predicted octanol–water partition coefficient (Wildman–Crippen LogP) is 0.737. The number of benzene rings is 1. The van der Waals surface area contributed by atoms with E-state index >= 15 is 0 Å². The predicted molar refractivity (Wildman–Crippen MR) is 80.0 cm³/mol. The molecular formula is C13H14N4O4S. The lowest BCUT2D eigenvalue weighted by atomic mass is 10.2. The molecule has 9 heteroatoms. The Hall–Kier alpha value is -2.10. The van der Waals surface area contributed by atoms with Crippen LogP contribution in [0.3, 0.4) is 0 Å². The van der Waals surface area contributed by atoms with E-state index in [1.807, 2.05) is 0 Å². The van der Waals surface area contributed by atoms with Crippen molar-refractivity contribution < 1.29 is 13.3 Å². The van der Waals surface area contributed by atoms with E-state index in [1.54, 1.807) is 6.07 Å². The standard InChI is InChI=1S/C13H14N4O4S/c18-17(19)11-3-4-12(13-10(11)2-1-5-15-13)22(20,21)16-8-6-14-7-9-16/h1-5,14H,6-9H2. The number of piperazine rings is 1. The van der Waals surface area contributed by atoms with Crippen LogP contribution in [0.15, 0.2) is 35.4 Å². The van der Waals surface area contributed by atoms with Crippen molar-refractivity contribution >= 4 is 26.6 Å². The van der Waals surface area contributed by atoms with Crippen molar-refractivity contribution in [3.05, 3.63) is 40.6 Å². The van der Waals surface area contributed by atoms with Crippen molar-refractivity contribution in [3.63, 3.8) is 0 Å². The lowest BCUT2D eigenvalue weighted by molar-refractivity contribution is -0.383. The number of sulfonamides is 1. The molecule has 1 saturated heterocycles. The van der Waals surface area contributed by atoms with Gasteiger partial charge in [0.05, 0.1) is 15.8 Å². The van der Waals surface area contributed by atoms with Gasteiger partial charge in [-0.05, 0) is 18.2 Å². The van der Waals surface area contributed by atoms with Crippen LogP contribution in [0.2, 0.25) is 0 Å². The molecule has 0 atom stereocenters. The Morgan fingerprint density at radius 3 is 2.64 bits per heavy atom. The SMILES string of the molecule is O=[N+]([O-])c1ccc(S(=O)(=O)N2CCNCC2)c2ncccc12. The number of nitrogens with one attached hydrogen (secondary N) is 1. The van der Waals surface area contributed by atoms with Crippen molar-refractivity contribution in [2.75, 3.05) is 26.2 Å². The third-order valence-corrected chi connectivity index (χ3v) is 5.53. The zero-order valence-electron chi connectivity index (χ0n) is 11.6. The molecule has 1 N–H and O–H groups in total. The summed E-state index contributed by atoms with van der Waals surface area (Å²) in [5.41, 5.74) is -0.0161. The summed E-state index contributed by atoms with van der Waals surface area (Å²) in [5.74, 6) is 0. The Bertz CT molecular complexity index is 831. The molecule has 8 nitrogen and oxygen atoms in total. The molecule has 0 unspecified atom stereocenters. The number of hydrogen-bond acceptors (Lipinski definition) is 6. The van der Waals surface area contributed by atoms with Crippen molar-refractivity contribution in [1.82, 2.24) is 14.6 Å². The zero-order valence-corrected chi connectivity index (χ0v) is 12.4. The number of nitrogens with zero attached hydrogens (tertiary/aromatic N) is 3. The summed E-state index contributed by atoms with van der Waals surface area (Å²) in [4.78, 5) is 14.6. The molecule has 116 valence electrons. The molecule has 0 amide bonds. The van der Waals surface area contributed by atoms with Gasteiger partial charge in [-0.1, -0.05) is 0 Å². The molecule has 0 spiro atoms. The Labute approximate surface area is 127 Å². The van der Waals surface area contributed by atoms with Crippen LogP contribution in [0.25, 0.3) is 10.9 Å². The van der Waals surface area contributed by atoms with Crippen molar-refractivity contribution in [2.24, 2.45) is 0 Å². The van der Waals surface area contributed by atoms with E-state index in [2.05, 4.69) is 10.3 Å². The molecule has 2 aromatic rings. The Morgan fingerprint density at radius 1 is 1.23 bits per heavy atom. The first-order chi connectivity index (χ1) is 10.5. The number of nitro groups is 1. The molecule has 1 aliphatic rings. The van der Waals surface area contributed by atoms with Crippen LogP contribution in [0.1, 0.15) is 0 Å². The van der Waals surface area contributed by atoms with Crippen LogP contribution < -0.4 is 5.32 Å². The average molecular weight is 322 g/mol. The van der Waals surface area contributed by atoms with Gasteiger partial charge in [0.1, 0.15) is 4.90 Å². The van der Waals surface area contributed by atoms with Gasteiger partial charge in [0.15, 0.2) is 0 Å². The van der Waals surface area contributed by atoms with Crippen LogP contribution in [-0.2, 0) is 10.0 Å². The fraction of sp³-hybridized carbons (Fsp3) is 0.308. The van der Waals surface area contributed by atoms with Gasteiger partial charge in [0.25, 0.3) is 5.69 Å². The first-order valence-corrected chi connectivity index (χ1v) is 8.19. The highest BCUT2D eigenvalue weighted by Gasteiger charge is 2.29. The number of non-ortho nitro benzene ring substituents is 1. The van der Waals surface area contributed by atoms with E-state index in [4.69, 9.17) is 0 Å². The van der Waals surface area contributed by atoms with E-state index in [0.717, 1.165) is 0 Å². The highest BCUT2D eigenvalue weighted by atomic mass is 32.2. The minimum Gasteiger partial charge on any atom is -0.314 e. The molecular weight excluding hydrogens is 308 g/mol. The fourth-order valence-corrected chi connectivity index (χ4v) is 4.11. The monoisotopic (exact) mass is 322 g/mol. The largest absolute Gasteiger partial charge is 0.314 e. The third kappa shape index (κ3) is 2.43. The number of hydrogen-bond donors (Lipinski definition) is 1. The highest BCUT2D eigenvalue weighted by molar-refractivity contribution is 7.89. The van der Waals surface area contributed by atoms with Gasteiger partial charge in [0.2, 0.25) is 10.0 Å².